The number of nitrogens with two attached hydrogens (primary N) is 1. The third-order valence-electron chi connectivity index (χ3n) is 5.90. The fourth-order valence-electron chi connectivity index (χ4n) is 4.45. The van der Waals surface area contributed by atoms with Crippen LogP contribution in [-0.2, 0) is 4.74 Å². The van der Waals surface area contributed by atoms with Gasteiger partial charge in [0.05, 0.1) is 0 Å². The monoisotopic (exact) mass is 267 g/mol. The van der Waals surface area contributed by atoms with E-state index >= 15 is 0 Å². The van der Waals surface area contributed by atoms with Crippen LogP contribution in [0.15, 0.2) is 0 Å². The molecular weight excluding hydrogens is 238 g/mol. The van der Waals surface area contributed by atoms with Crippen LogP contribution in [0.25, 0.3) is 0 Å². The predicted molar refractivity (Wildman–Crippen MR) is 77.1 cm³/mol. The summed E-state index contributed by atoms with van der Waals surface area (Å²) >= 11 is 0. The summed E-state index contributed by atoms with van der Waals surface area (Å²) in [4.78, 5) is 5.13. The standard InChI is InChI=1S/C15H29N3O/c1-17(2)12-4-3-7-18(11-12)14-10-13(16)15(14)5-8-19-9-6-15/h12-14H,3-11,16H2,1-2H3. The number of hydrogen-bond donors (Lipinski definition) is 1. The van der Waals surface area contributed by atoms with E-state index in [1.165, 1.54) is 45.2 Å². The van der Waals surface area contributed by atoms with Gasteiger partial charge in [-0.25, -0.2) is 0 Å². The third-order valence-corrected chi connectivity index (χ3v) is 5.90. The van der Waals surface area contributed by atoms with Gasteiger partial charge in [-0.05, 0) is 52.7 Å². The van der Waals surface area contributed by atoms with Crippen LogP contribution >= 0.6 is 0 Å². The van der Waals surface area contributed by atoms with Gasteiger partial charge < -0.3 is 15.4 Å². The van der Waals surface area contributed by atoms with E-state index in [0.29, 0.717) is 17.5 Å². The molecule has 4 nitrogen and oxygen atoms in total. The molecule has 0 bridgehead atoms. The molecule has 4 heteroatoms. The van der Waals surface area contributed by atoms with Gasteiger partial charge in [-0.2, -0.15) is 0 Å². The molecule has 0 radical (unpaired) electrons. The lowest BCUT2D eigenvalue weighted by Gasteiger charge is -2.61. The quantitative estimate of drug-likeness (QED) is 0.807. The summed E-state index contributed by atoms with van der Waals surface area (Å²) in [6.07, 6.45) is 6.21. The molecule has 0 aromatic carbocycles. The first-order valence-corrected chi connectivity index (χ1v) is 7.87. The highest BCUT2D eigenvalue weighted by Crippen LogP contribution is 2.50. The van der Waals surface area contributed by atoms with Gasteiger partial charge in [-0.1, -0.05) is 0 Å². The van der Waals surface area contributed by atoms with E-state index in [2.05, 4.69) is 23.9 Å². The molecule has 2 aliphatic heterocycles. The van der Waals surface area contributed by atoms with Crippen LogP contribution in [0.3, 0.4) is 0 Å². The number of piperidine rings is 1. The normalized spacial score (nSPS) is 39.5. The molecule has 110 valence electrons. The Kier molecular flexibility index (Phi) is 3.87. The molecule has 3 aliphatic rings. The Balaban J connectivity index is 1.68. The van der Waals surface area contributed by atoms with Gasteiger partial charge in [0.25, 0.3) is 0 Å². The molecule has 0 aromatic heterocycles. The van der Waals surface area contributed by atoms with E-state index in [1.807, 2.05) is 0 Å². The molecule has 0 aromatic rings. The number of nitrogens with zero attached hydrogens (tertiary/aromatic N) is 2. The summed E-state index contributed by atoms with van der Waals surface area (Å²) in [5, 5.41) is 0. The van der Waals surface area contributed by atoms with Gasteiger partial charge >= 0.3 is 0 Å². The van der Waals surface area contributed by atoms with Crippen LogP contribution < -0.4 is 5.73 Å². The van der Waals surface area contributed by atoms with Crippen molar-refractivity contribution in [3.05, 3.63) is 0 Å². The molecule has 3 fully saturated rings. The van der Waals surface area contributed by atoms with E-state index in [4.69, 9.17) is 10.5 Å². The van der Waals surface area contributed by atoms with Crippen molar-refractivity contribution < 1.29 is 4.74 Å². The highest BCUT2D eigenvalue weighted by atomic mass is 16.5. The minimum absolute atomic E-state index is 0.368. The van der Waals surface area contributed by atoms with Crippen LogP contribution in [0, 0.1) is 5.41 Å². The molecule has 2 heterocycles. The molecule has 1 aliphatic carbocycles. The van der Waals surface area contributed by atoms with Gasteiger partial charge in [-0.15, -0.1) is 0 Å². The Morgan fingerprint density at radius 1 is 1.26 bits per heavy atom. The molecule has 0 amide bonds. The summed E-state index contributed by atoms with van der Waals surface area (Å²) in [6.45, 7) is 4.32. The van der Waals surface area contributed by atoms with E-state index in [9.17, 15) is 0 Å². The maximum absolute atomic E-state index is 6.39. The lowest BCUT2D eigenvalue weighted by atomic mass is 9.56. The highest BCUT2D eigenvalue weighted by Gasteiger charge is 2.56. The maximum Gasteiger partial charge on any atom is 0.0472 e. The van der Waals surface area contributed by atoms with Crippen LogP contribution in [0.4, 0.5) is 0 Å². The van der Waals surface area contributed by atoms with Crippen molar-refractivity contribution in [3.8, 4) is 0 Å². The largest absolute Gasteiger partial charge is 0.381 e. The van der Waals surface area contributed by atoms with Crippen molar-refractivity contribution in [3.63, 3.8) is 0 Å². The first-order valence-electron chi connectivity index (χ1n) is 7.87. The summed E-state index contributed by atoms with van der Waals surface area (Å²) in [5.74, 6) is 0. The Bertz CT molecular complexity index is 315. The van der Waals surface area contributed by atoms with Crippen LogP contribution in [0.1, 0.15) is 32.1 Å². The van der Waals surface area contributed by atoms with E-state index in [-0.39, 0.29) is 0 Å². The second-order valence-corrected chi connectivity index (χ2v) is 6.96. The van der Waals surface area contributed by atoms with Crippen LogP contribution in [0.2, 0.25) is 0 Å². The number of ether oxygens (including phenoxy) is 1. The van der Waals surface area contributed by atoms with Gasteiger partial charge in [-0.3, -0.25) is 4.90 Å². The predicted octanol–water partition coefficient (Wildman–Crippen LogP) is 0.909. The van der Waals surface area contributed by atoms with Crippen molar-refractivity contribution in [2.45, 2.75) is 50.2 Å². The van der Waals surface area contributed by atoms with Crippen molar-refractivity contribution in [2.24, 2.45) is 11.1 Å². The first kappa shape index (κ1) is 13.8. The molecule has 3 unspecified atom stereocenters. The second kappa shape index (κ2) is 5.32. The lowest BCUT2D eigenvalue weighted by Crippen LogP contribution is -2.70. The minimum Gasteiger partial charge on any atom is -0.381 e. The summed E-state index contributed by atoms with van der Waals surface area (Å²) in [5.41, 5.74) is 6.75. The van der Waals surface area contributed by atoms with Crippen LogP contribution in [0.5, 0.6) is 0 Å². The zero-order valence-electron chi connectivity index (χ0n) is 12.5. The van der Waals surface area contributed by atoms with Crippen molar-refractivity contribution >= 4 is 0 Å². The van der Waals surface area contributed by atoms with Crippen LogP contribution in [-0.4, -0.2) is 68.3 Å². The average molecular weight is 267 g/mol. The second-order valence-electron chi connectivity index (χ2n) is 6.96. The van der Waals surface area contributed by atoms with Gasteiger partial charge in [0, 0.05) is 43.3 Å². The topological polar surface area (TPSA) is 41.7 Å². The Labute approximate surface area is 117 Å². The zero-order chi connectivity index (χ0) is 13.5. The first-order chi connectivity index (χ1) is 9.13. The fraction of sp³-hybridized carbons (Fsp3) is 1.00. The molecule has 3 rings (SSSR count). The van der Waals surface area contributed by atoms with E-state index in [0.717, 1.165) is 19.3 Å². The molecule has 2 saturated heterocycles. The molecule has 3 atom stereocenters. The molecule has 1 saturated carbocycles. The smallest absolute Gasteiger partial charge is 0.0472 e. The lowest BCUT2D eigenvalue weighted by molar-refractivity contribution is -0.121. The van der Waals surface area contributed by atoms with Crippen molar-refractivity contribution in [1.29, 1.82) is 0 Å². The number of hydrogen-bond acceptors (Lipinski definition) is 4. The minimum atomic E-state index is 0.368. The SMILES string of the molecule is CN(C)C1CCCN(C2CC(N)C23CCOCC3)C1. The maximum atomic E-state index is 6.39. The van der Waals surface area contributed by atoms with E-state index in [1.54, 1.807) is 0 Å². The molecular formula is C15H29N3O. The zero-order valence-corrected chi connectivity index (χ0v) is 12.5. The Hall–Kier alpha value is -0.160. The molecule has 1 spiro atoms. The van der Waals surface area contributed by atoms with Crippen molar-refractivity contribution in [2.75, 3.05) is 40.4 Å². The molecule has 19 heavy (non-hydrogen) atoms. The third kappa shape index (κ3) is 2.33. The number of likely N-dealkylation sites (tertiary alicyclic amines) is 1. The highest BCUT2D eigenvalue weighted by molar-refractivity contribution is 5.11. The van der Waals surface area contributed by atoms with Gasteiger partial charge in [0.2, 0.25) is 0 Å². The van der Waals surface area contributed by atoms with E-state index < -0.39 is 0 Å². The van der Waals surface area contributed by atoms with Gasteiger partial charge in [0.15, 0.2) is 0 Å². The Morgan fingerprint density at radius 2 is 2.00 bits per heavy atom. The Morgan fingerprint density at radius 3 is 2.63 bits per heavy atom. The number of likely N-dealkylation sites (N-methyl/N-ethyl adjacent to an activating group) is 1. The fourth-order valence-corrected chi connectivity index (χ4v) is 4.45. The summed E-state index contributed by atoms with van der Waals surface area (Å²) in [6, 6.07) is 1.85. The summed E-state index contributed by atoms with van der Waals surface area (Å²) in [7, 11) is 4.43. The number of rotatable bonds is 2. The average Bonchev–Trinajstić information content (AvgIpc) is 2.45. The summed E-state index contributed by atoms with van der Waals surface area (Å²) < 4.78 is 5.56. The molecule has 2 N–H and O–H groups in total. The van der Waals surface area contributed by atoms with Crippen molar-refractivity contribution in [1.82, 2.24) is 9.80 Å². The van der Waals surface area contributed by atoms with Gasteiger partial charge in [0.1, 0.15) is 0 Å².